The van der Waals surface area contributed by atoms with Crippen LogP contribution in [-0.2, 0) is 0 Å². The highest BCUT2D eigenvalue weighted by Crippen LogP contribution is 2.31. The number of carbonyl (C=O) groups excluding carboxylic acids is 1. The molecular weight excluding hydrogens is 386 g/mol. The summed E-state index contributed by atoms with van der Waals surface area (Å²) in [4.78, 5) is 21.9. The third-order valence-electron chi connectivity index (χ3n) is 5.43. The molecule has 1 aliphatic heterocycles. The fourth-order valence-electron chi connectivity index (χ4n) is 3.52. The highest BCUT2D eigenvalue weighted by Gasteiger charge is 2.24. The van der Waals surface area contributed by atoms with Gasteiger partial charge in [-0.15, -0.1) is 0 Å². The number of benzene rings is 2. The predicted molar refractivity (Wildman–Crippen MR) is 117 cm³/mol. The van der Waals surface area contributed by atoms with Gasteiger partial charge >= 0.3 is 0 Å². The maximum atomic E-state index is 13.0. The summed E-state index contributed by atoms with van der Waals surface area (Å²) in [7, 11) is 3.17. The minimum Gasteiger partial charge on any atom is -0.497 e. The number of fused-ring (bicyclic) bond motifs is 1. The van der Waals surface area contributed by atoms with Crippen molar-refractivity contribution in [1.29, 1.82) is 0 Å². The molecule has 0 radical (unpaired) electrons. The number of aromatic nitrogens is 1. The van der Waals surface area contributed by atoms with E-state index in [2.05, 4.69) is 30.9 Å². The first-order valence-electron chi connectivity index (χ1n) is 9.63. The van der Waals surface area contributed by atoms with Gasteiger partial charge in [0.05, 0.1) is 24.4 Å². The van der Waals surface area contributed by atoms with E-state index in [1.165, 1.54) is 15.8 Å². The van der Waals surface area contributed by atoms with Gasteiger partial charge in [0, 0.05) is 37.8 Å². The molecule has 152 valence electrons. The highest BCUT2D eigenvalue weighted by atomic mass is 32.1. The van der Waals surface area contributed by atoms with Crippen molar-refractivity contribution in [3.63, 3.8) is 0 Å². The van der Waals surface area contributed by atoms with Crippen LogP contribution < -0.4 is 14.4 Å². The first kappa shape index (κ1) is 19.5. The van der Waals surface area contributed by atoms with E-state index in [0.29, 0.717) is 30.2 Å². The van der Waals surface area contributed by atoms with Gasteiger partial charge in [0.25, 0.3) is 5.91 Å². The Hall–Kier alpha value is -2.80. The molecule has 1 aromatic heterocycles. The van der Waals surface area contributed by atoms with Gasteiger partial charge in [0.1, 0.15) is 11.5 Å². The molecule has 0 unspecified atom stereocenters. The average molecular weight is 412 g/mol. The molecule has 1 aliphatic rings. The summed E-state index contributed by atoms with van der Waals surface area (Å²) >= 11 is 1.72. The predicted octanol–water partition coefficient (Wildman–Crippen LogP) is 3.89. The molecule has 4 rings (SSSR count). The van der Waals surface area contributed by atoms with E-state index < -0.39 is 0 Å². The monoisotopic (exact) mass is 411 g/mol. The Kier molecular flexibility index (Phi) is 5.32. The molecule has 6 nitrogen and oxygen atoms in total. The quantitative estimate of drug-likeness (QED) is 0.652. The van der Waals surface area contributed by atoms with Crippen molar-refractivity contribution >= 4 is 32.6 Å². The molecule has 0 saturated carbocycles. The summed E-state index contributed by atoms with van der Waals surface area (Å²) in [5.41, 5.74) is 4.19. The summed E-state index contributed by atoms with van der Waals surface area (Å²) in [6.07, 6.45) is 0. The highest BCUT2D eigenvalue weighted by molar-refractivity contribution is 7.22. The van der Waals surface area contributed by atoms with E-state index in [4.69, 9.17) is 14.5 Å². The van der Waals surface area contributed by atoms with Crippen molar-refractivity contribution in [1.82, 2.24) is 9.88 Å². The zero-order chi connectivity index (χ0) is 20.5. The Morgan fingerprint density at radius 2 is 1.55 bits per heavy atom. The van der Waals surface area contributed by atoms with Crippen molar-refractivity contribution in [2.24, 2.45) is 0 Å². The molecule has 3 aromatic rings. The van der Waals surface area contributed by atoms with Gasteiger partial charge in [-0.3, -0.25) is 4.79 Å². The van der Waals surface area contributed by atoms with Crippen molar-refractivity contribution in [3.05, 3.63) is 47.0 Å². The molecule has 0 spiro atoms. The molecular formula is C22H25N3O3S. The van der Waals surface area contributed by atoms with Crippen LogP contribution in [0.1, 0.15) is 21.5 Å². The van der Waals surface area contributed by atoms with Crippen LogP contribution in [0.4, 0.5) is 5.13 Å². The maximum Gasteiger partial charge on any atom is 0.254 e. The van der Waals surface area contributed by atoms with Gasteiger partial charge < -0.3 is 19.3 Å². The molecule has 0 aliphatic carbocycles. The second-order valence-corrected chi connectivity index (χ2v) is 8.29. The largest absolute Gasteiger partial charge is 0.497 e. The number of hydrogen-bond acceptors (Lipinski definition) is 6. The summed E-state index contributed by atoms with van der Waals surface area (Å²) in [5.74, 6) is 1.23. The number of aryl methyl sites for hydroxylation is 2. The third-order valence-corrected chi connectivity index (χ3v) is 6.51. The van der Waals surface area contributed by atoms with Crippen LogP contribution in [0.2, 0.25) is 0 Å². The number of methoxy groups -OCH3 is 2. The van der Waals surface area contributed by atoms with Crippen molar-refractivity contribution < 1.29 is 14.3 Å². The van der Waals surface area contributed by atoms with Crippen LogP contribution in [0.25, 0.3) is 10.2 Å². The first-order chi connectivity index (χ1) is 14.0. The Morgan fingerprint density at radius 1 is 0.931 bits per heavy atom. The smallest absolute Gasteiger partial charge is 0.254 e. The zero-order valence-corrected chi connectivity index (χ0v) is 18.0. The van der Waals surface area contributed by atoms with E-state index in [9.17, 15) is 4.79 Å². The zero-order valence-electron chi connectivity index (χ0n) is 17.2. The molecule has 0 atom stereocenters. The average Bonchev–Trinajstić information content (AvgIpc) is 3.15. The molecule has 7 heteroatoms. The number of thiazole rings is 1. The van der Waals surface area contributed by atoms with Gasteiger partial charge in [-0.2, -0.15) is 0 Å². The maximum absolute atomic E-state index is 13.0. The Labute approximate surface area is 174 Å². The van der Waals surface area contributed by atoms with Crippen LogP contribution in [0, 0.1) is 13.8 Å². The van der Waals surface area contributed by atoms with Crippen LogP contribution in [-0.4, -0.2) is 56.2 Å². The fourth-order valence-corrected chi connectivity index (χ4v) is 4.61. The second-order valence-electron chi connectivity index (χ2n) is 7.28. The molecule has 2 heterocycles. The van der Waals surface area contributed by atoms with Gasteiger partial charge in [-0.05, 0) is 49.2 Å². The van der Waals surface area contributed by atoms with Crippen molar-refractivity contribution in [2.45, 2.75) is 13.8 Å². The molecule has 2 aromatic carbocycles. The SMILES string of the molecule is COc1cc(OC)cc(C(=O)N2CCN(c3nc4cc(C)c(C)cc4s3)CC2)c1. The minimum absolute atomic E-state index is 0.00241. The molecule has 29 heavy (non-hydrogen) atoms. The number of carbonyl (C=O) groups is 1. The van der Waals surface area contributed by atoms with Gasteiger partial charge in [-0.1, -0.05) is 11.3 Å². The van der Waals surface area contributed by atoms with Crippen LogP contribution in [0.3, 0.4) is 0 Å². The summed E-state index contributed by atoms with van der Waals surface area (Å²) in [6.45, 7) is 7.10. The number of hydrogen-bond donors (Lipinski definition) is 0. The van der Waals surface area contributed by atoms with E-state index in [-0.39, 0.29) is 5.91 Å². The van der Waals surface area contributed by atoms with Crippen LogP contribution in [0.5, 0.6) is 11.5 Å². The molecule has 1 amide bonds. The molecule has 1 fully saturated rings. The lowest BCUT2D eigenvalue weighted by atomic mass is 10.1. The first-order valence-corrected chi connectivity index (χ1v) is 10.4. The van der Waals surface area contributed by atoms with Crippen LogP contribution in [0.15, 0.2) is 30.3 Å². The number of nitrogens with zero attached hydrogens (tertiary/aromatic N) is 3. The normalized spacial score (nSPS) is 14.3. The standard InChI is InChI=1S/C22H25N3O3S/c1-14-9-19-20(10-15(14)2)29-22(23-19)25-7-5-24(6-8-25)21(26)16-11-17(27-3)13-18(12-16)28-4/h9-13H,5-8H2,1-4H3. The molecule has 1 saturated heterocycles. The molecule has 0 bridgehead atoms. The number of amides is 1. The Balaban J connectivity index is 1.47. The Bertz CT molecular complexity index is 994. The minimum atomic E-state index is -0.00241. The number of ether oxygens (including phenoxy) is 2. The van der Waals surface area contributed by atoms with Crippen molar-refractivity contribution in [3.8, 4) is 11.5 Å². The lowest BCUT2D eigenvalue weighted by molar-refractivity contribution is 0.0746. The number of anilines is 1. The fraction of sp³-hybridized carbons (Fsp3) is 0.364. The van der Waals surface area contributed by atoms with E-state index in [0.717, 1.165) is 23.7 Å². The second kappa shape index (κ2) is 7.91. The number of rotatable bonds is 4. The van der Waals surface area contributed by atoms with Crippen molar-refractivity contribution in [2.75, 3.05) is 45.3 Å². The van der Waals surface area contributed by atoms with Gasteiger partial charge in [0.2, 0.25) is 0 Å². The lowest BCUT2D eigenvalue weighted by Crippen LogP contribution is -2.48. The van der Waals surface area contributed by atoms with E-state index in [1.807, 2.05) is 4.90 Å². The number of piperazine rings is 1. The topological polar surface area (TPSA) is 54.9 Å². The summed E-state index contributed by atoms with van der Waals surface area (Å²) in [5, 5.41) is 1.03. The Morgan fingerprint density at radius 3 is 2.17 bits per heavy atom. The van der Waals surface area contributed by atoms with Gasteiger partial charge in [-0.25, -0.2) is 4.98 Å². The van der Waals surface area contributed by atoms with Crippen LogP contribution >= 0.6 is 11.3 Å². The van der Waals surface area contributed by atoms with E-state index >= 15 is 0 Å². The third kappa shape index (κ3) is 3.87. The summed E-state index contributed by atoms with van der Waals surface area (Å²) < 4.78 is 11.8. The molecule has 0 N–H and O–H groups in total. The lowest BCUT2D eigenvalue weighted by Gasteiger charge is -2.34. The van der Waals surface area contributed by atoms with E-state index in [1.54, 1.807) is 43.8 Å². The van der Waals surface area contributed by atoms with Gasteiger partial charge in [0.15, 0.2) is 5.13 Å². The summed E-state index contributed by atoms with van der Waals surface area (Å²) in [6, 6.07) is 9.65.